The number of benzene rings is 2. The summed E-state index contributed by atoms with van der Waals surface area (Å²) in [7, 11) is 4.94. The van der Waals surface area contributed by atoms with Crippen molar-refractivity contribution in [2.45, 2.75) is 32.4 Å². The van der Waals surface area contributed by atoms with E-state index >= 15 is 0 Å². The highest BCUT2D eigenvalue weighted by molar-refractivity contribution is 5.50. The number of hydrogen-bond acceptors (Lipinski definition) is 4. The molecule has 0 atom stereocenters. The van der Waals surface area contributed by atoms with E-state index in [9.17, 15) is 0 Å². The Morgan fingerprint density at radius 3 is 2.25 bits per heavy atom. The SMILES string of the molecule is COc1cc(OC)c(OC)cc1CNCc1ccc2c(c1)CCC2. The standard InChI is InChI=1S/C20H25NO3/c1-22-18-11-20(24-3)19(23-2)10-17(18)13-21-12-14-7-8-15-5-4-6-16(15)9-14/h7-11,21H,4-6,12-13H2,1-3H3. The van der Waals surface area contributed by atoms with E-state index < -0.39 is 0 Å². The number of methoxy groups -OCH3 is 3. The van der Waals surface area contributed by atoms with Crippen LogP contribution in [0.25, 0.3) is 0 Å². The maximum absolute atomic E-state index is 5.48. The third-order valence-electron chi connectivity index (χ3n) is 4.59. The Labute approximate surface area is 143 Å². The normalized spacial score (nSPS) is 12.8. The Balaban J connectivity index is 1.67. The van der Waals surface area contributed by atoms with E-state index in [1.165, 1.54) is 36.0 Å². The summed E-state index contributed by atoms with van der Waals surface area (Å²) in [6.45, 7) is 1.55. The second-order valence-electron chi connectivity index (χ2n) is 6.08. The van der Waals surface area contributed by atoms with Crippen LogP contribution in [0.1, 0.15) is 28.7 Å². The highest BCUT2D eigenvalue weighted by Gasteiger charge is 2.13. The number of rotatable bonds is 7. The van der Waals surface area contributed by atoms with Crippen LogP contribution in [0, 0.1) is 0 Å². The largest absolute Gasteiger partial charge is 0.496 e. The fourth-order valence-corrected chi connectivity index (χ4v) is 3.31. The summed E-state index contributed by atoms with van der Waals surface area (Å²) in [5.74, 6) is 2.19. The molecule has 24 heavy (non-hydrogen) atoms. The van der Waals surface area contributed by atoms with Crippen molar-refractivity contribution in [3.8, 4) is 17.2 Å². The van der Waals surface area contributed by atoms with E-state index in [2.05, 4.69) is 23.5 Å². The van der Waals surface area contributed by atoms with Crippen LogP contribution in [0.3, 0.4) is 0 Å². The molecule has 1 aliphatic carbocycles. The zero-order chi connectivity index (χ0) is 16.9. The lowest BCUT2D eigenvalue weighted by atomic mass is 10.1. The van der Waals surface area contributed by atoms with E-state index in [1.807, 2.05) is 12.1 Å². The fourth-order valence-electron chi connectivity index (χ4n) is 3.31. The zero-order valence-corrected chi connectivity index (χ0v) is 14.6. The molecular formula is C20H25NO3. The van der Waals surface area contributed by atoms with Gasteiger partial charge in [0.15, 0.2) is 11.5 Å². The summed E-state index contributed by atoms with van der Waals surface area (Å²) in [6, 6.07) is 10.7. The van der Waals surface area contributed by atoms with Gasteiger partial charge in [-0.3, -0.25) is 0 Å². The summed E-state index contributed by atoms with van der Waals surface area (Å²) in [6.07, 6.45) is 3.73. The van der Waals surface area contributed by atoms with Crippen molar-refractivity contribution < 1.29 is 14.2 Å². The fraction of sp³-hybridized carbons (Fsp3) is 0.400. The molecule has 2 aromatic rings. The molecule has 0 spiro atoms. The summed E-state index contributed by atoms with van der Waals surface area (Å²) >= 11 is 0. The molecule has 4 nitrogen and oxygen atoms in total. The Hall–Kier alpha value is -2.20. The minimum absolute atomic E-state index is 0.678. The summed E-state index contributed by atoms with van der Waals surface area (Å²) in [5, 5.41) is 3.50. The van der Waals surface area contributed by atoms with E-state index in [-0.39, 0.29) is 0 Å². The van der Waals surface area contributed by atoms with E-state index in [4.69, 9.17) is 14.2 Å². The molecule has 0 unspecified atom stereocenters. The molecule has 1 N–H and O–H groups in total. The van der Waals surface area contributed by atoms with Crippen LogP contribution < -0.4 is 19.5 Å². The van der Waals surface area contributed by atoms with Gasteiger partial charge in [-0.15, -0.1) is 0 Å². The predicted octanol–water partition coefficient (Wildman–Crippen LogP) is 3.49. The van der Waals surface area contributed by atoms with Crippen LogP contribution in [0.2, 0.25) is 0 Å². The minimum atomic E-state index is 0.678. The molecular weight excluding hydrogens is 302 g/mol. The topological polar surface area (TPSA) is 39.7 Å². The van der Waals surface area contributed by atoms with Gasteiger partial charge in [0.25, 0.3) is 0 Å². The molecule has 0 amide bonds. The maximum atomic E-state index is 5.48. The second-order valence-corrected chi connectivity index (χ2v) is 6.08. The molecule has 1 aliphatic rings. The summed E-state index contributed by atoms with van der Waals surface area (Å²) in [5.41, 5.74) is 5.41. The molecule has 4 heteroatoms. The van der Waals surface area contributed by atoms with Crippen molar-refractivity contribution in [2.75, 3.05) is 21.3 Å². The summed E-state index contributed by atoms with van der Waals surface area (Å²) < 4.78 is 16.2. The Morgan fingerprint density at radius 2 is 1.50 bits per heavy atom. The first-order valence-corrected chi connectivity index (χ1v) is 8.35. The van der Waals surface area contributed by atoms with Crippen LogP contribution in [-0.2, 0) is 25.9 Å². The second kappa shape index (κ2) is 7.58. The molecule has 0 radical (unpaired) electrons. The highest BCUT2D eigenvalue weighted by Crippen LogP contribution is 2.34. The van der Waals surface area contributed by atoms with Crippen molar-refractivity contribution in [3.05, 3.63) is 52.6 Å². The van der Waals surface area contributed by atoms with Gasteiger partial charge in [-0.2, -0.15) is 0 Å². The van der Waals surface area contributed by atoms with Crippen LogP contribution in [0.15, 0.2) is 30.3 Å². The Kier molecular flexibility index (Phi) is 5.26. The van der Waals surface area contributed by atoms with Gasteiger partial charge in [-0.25, -0.2) is 0 Å². The highest BCUT2D eigenvalue weighted by atomic mass is 16.5. The van der Waals surface area contributed by atoms with Gasteiger partial charge in [0.2, 0.25) is 0 Å². The maximum Gasteiger partial charge on any atom is 0.164 e. The van der Waals surface area contributed by atoms with Gasteiger partial charge < -0.3 is 19.5 Å². The smallest absolute Gasteiger partial charge is 0.164 e. The van der Waals surface area contributed by atoms with Crippen molar-refractivity contribution in [3.63, 3.8) is 0 Å². The van der Waals surface area contributed by atoms with Gasteiger partial charge in [-0.1, -0.05) is 18.2 Å². The average molecular weight is 327 g/mol. The van der Waals surface area contributed by atoms with Crippen LogP contribution in [-0.4, -0.2) is 21.3 Å². The quantitative estimate of drug-likeness (QED) is 0.845. The molecule has 128 valence electrons. The molecule has 0 fully saturated rings. The number of aryl methyl sites for hydroxylation is 2. The molecule has 3 rings (SSSR count). The lowest BCUT2D eigenvalue weighted by molar-refractivity contribution is 0.347. The molecule has 0 aromatic heterocycles. The first-order valence-electron chi connectivity index (χ1n) is 8.35. The zero-order valence-electron chi connectivity index (χ0n) is 14.6. The monoisotopic (exact) mass is 327 g/mol. The van der Waals surface area contributed by atoms with Crippen molar-refractivity contribution >= 4 is 0 Å². The number of hydrogen-bond donors (Lipinski definition) is 1. The van der Waals surface area contributed by atoms with Gasteiger partial charge in [0.05, 0.1) is 21.3 Å². The Morgan fingerprint density at radius 1 is 0.792 bits per heavy atom. The lowest BCUT2D eigenvalue weighted by Gasteiger charge is -2.15. The van der Waals surface area contributed by atoms with E-state index in [0.717, 1.165) is 17.9 Å². The average Bonchev–Trinajstić information content (AvgIpc) is 3.09. The number of nitrogens with one attached hydrogen (secondary N) is 1. The van der Waals surface area contributed by atoms with Crippen LogP contribution in [0.4, 0.5) is 0 Å². The lowest BCUT2D eigenvalue weighted by Crippen LogP contribution is -2.14. The molecule has 0 saturated heterocycles. The van der Waals surface area contributed by atoms with Crippen molar-refractivity contribution in [1.82, 2.24) is 5.32 Å². The third kappa shape index (κ3) is 3.49. The van der Waals surface area contributed by atoms with E-state index in [0.29, 0.717) is 18.0 Å². The van der Waals surface area contributed by atoms with Crippen LogP contribution in [0.5, 0.6) is 17.2 Å². The molecule has 0 bridgehead atoms. The first-order chi connectivity index (χ1) is 11.7. The molecule has 2 aromatic carbocycles. The van der Waals surface area contributed by atoms with Crippen molar-refractivity contribution in [2.24, 2.45) is 0 Å². The first kappa shape index (κ1) is 16.7. The van der Waals surface area contributed by atoms with Gasteiger partial charge >= 0.3 is 0 Å². The van der Waals surface area contributed by atoms with Crippen LogP contribution >= 0.6 is 0 Å². The van der Waals surface area contributed by atoms with Gasteiger partial charge in [-0.05, 0) is 42.0 Å². The summed E-state index contributed by atoms with van der Waals surface area (Å²) in [4.78, 5) is 0. The third-order valence-corrected chi connectivity index (χ3v) is 4.59. The van der Waals surface area contributed by atoms with Gasteiger partial charge in [0.1, 0.15) is 5.75 Å². The molecule has 0 aliphatic heterocycles. The molecule has 0 saturated carbocycles. The molecule has 0 heterocycles. The van der Waals surface area contributed by atoms with Crippen molar-refractivity contribution in [1.29, 1.82) is 0 Å². The number of fused-ring (bicyclic) bond motifs is 1. The van der Waals surface area contributed by atoms with E-state index in [1.54, 1.807) is 21.3 Å². The number of ether oxygens (including phenoxy) is 3. The van der Waals surface area contributed by atoms with Gasteiger partial charge in [0, 0.05) is 24.7 Å². The predicted molar refractivity (Wildman–Crippen MR) is 95.1 cm³/mol. The minimum Gasteiger partial charge on any atom is -0.496 e. The Bertz CT molecular complexity index is 712.